The quantitative estimate of drug-likeness (QED) is 0.854. The molecule has 0 aliphatic heterocycles. The van der Waals surface area contributed by atoms with Gasteiger partial charge in [0.15, 0.2) is 0 Å². The van der Waals surface area contributed by atoms with Gasteiger partial charge in [0, 0.05) is 13.2 Å². The first-order valence-electron chi connectivity index (χ1n) is 8.15. The van der Waals surface area contributed by atoms with Gasteiger partial charge in [-0.3, -0.25) is 0 Å². The van der Waals surface area contributed by atoms with E-state index in [4.69, 9.17) is 4.74 Å². The number of methoxy groups -OCH3 is 1. The van der Waals surface area contributed by atoms with Crippen LogP contribution in [0.3, 0.4) is 0 Å². The topological polar surface area (TPSA) is 21.3 Å². The average molecular weight is 273 g/mol. The molecule has 0 saturated heterocycles. The van der Waals surface area contributed by atoms with Crippen LogP contribution in [0.15, 0.2) is 24.3 Å². The summed E-state index contributed by atoms with van der Waals surface area (Å²) in [6, 6.07) is 9.41. The van der Waals surface area contributed by atoms with Gasteiger partial charge in [-0.15, -0.1) is 0 Å². The first kappa shape index (κ1) is 14.1. The Morgan fingerprint density at radius 3 is 2.70 bits per heavy atom. The predicted molar refractivity (Wildman–Crippen MR) is 83.2 cm³/mol. The molecule has 1 fully saturated rings. The molecule has 3 rings (SSSR count). The zero-order valence-corrected chi connectivity index (χ0v) is 12.8. The highest BCUT2D eigenvalue weighted by molar-refractivity contribution is 5.40. The maximum atomic E-state index is 6.01. The zero-order valence-electron chi connectivity index (χ0n) is 12.8. The lowest BCUT2D eigenvalue weighted by Crippen LogP contribution is -2.51. The van der Waals surface area contributed by atoms with E-state index in [2.05, 4.69) is 36.5 Å². The van der Waals surface area contributed by atoms with Crippen LogP contribution in [0.1, 0.15) is 56.1 Å². The highest BCUT2D eigenvalue weighted by atomic mass is 16.5. The lowest BCUT2D eigenvalue weighted by Gasteiger charge is -2.41. The van der Waals surface area contributed by atoms with Gasteiger partial charge in [-0.1, -0.05) is 44.0 Å². The molecule has 2 atom stereocenters. The molecule has 2 aliphatic rings. The summed E-state index contributed by atoms with van der Waals surface area (Å²) in [7, 11) is 1.91. The predicted octanol–water partition coefficient (Wildman–Crippen LogP) is 3.65. The van der Waals surface area contributed by atoms with E-state index in [-0.39, 0.29) is 5.60 Å². The molecule has 0 aromatic heterocycles. The summed E-state index contributed by atoms with van der Waals surface area (Å²) in [5.74, 6) is 0.725. The largest absolute Gasteiger partial charge is 0.377 e. The van der Waals surface area contributed by atoms with Crippen LogP contribution < -0.4 is 5.32 Å². The number of nitrogens with one attached hydrogen (secondary N) is 1. The fourth-order valence-corrected chi connectivity index (χ4v) is 4.26. The van der Waals surface area contributed by atoms with E-state index in [9.17, 15) is 0 Å². The third-order valence-electron chi connectivity index (χ3n) is 5.42. The number of ether oxygens (including phenoxy) is 1. The van der Waals surface area contributed by atoms with Gasteiger partial charge in [-0.25, -0.2) is 0 Å². The molecule has 0 bridgehead atoms. The average Bonchev–Trinajstić information content (AvgIpc) is 2.93. The van der Waals surface area contributed by atoms with Gasteiger partial charge in [0.25, 0.3) is 0 Å². The van der Waals surface area contributed by atoms with Crippen molar-refractivity contribution in [2.24, 2.45) is 0 Å². The van der Waals surface area contributed by atoms with Crippen molar-refractivity contribution in [3.05, 3.63) is 35.4 Å². The van der Waals surface area contributed by atoms with E-state index >= 15 is 0 Å². The lowest BCUT2D eigenvalue weighted by atomic mass is 9.72. The van der Waals surface area contributed by atoms with E-state index in [1.54, 1.807) is 11.1 Å². The van der Waals surface area contributed by atoms with E-state index < -0.39 is 0 Å². The minimum atomic E-state index is 0.0839. The summed E-state index contributed by atoms with van der Waals surface area (Å²) in [6.45, 7) is 3.24. The molecule has 2 aliphatic carbocycles. The van der Waals surface area contributed by atoms with Gasteiger partial charge in [-0.2, -0.15) is 0 Å². The Bertz CT molecular complexity index is 450. The third-order valence-corrected chi connectivity index (χ3v) is 5.42. The summed E-state index contributed by atoms with van der Waals surface area (Å²) in [4.78, 5) is 0. The smallest absolute Gasteiger partial charge is 0.0831 e. The maximum absolute atomic E-state index is 6.01. The van der Waals surface area contributed by atoms with E-state index in [0.717, 1.165) is 12.5 Å². The molecule has 1 N–H and O–H groups in total. The van der Waals surface area contributed by atoms with Crippen molar-refractivity contribution in [2.75, 3.05) is 13.7 Å². The molecule has 2 heteroatoms. The number of likely N-dealkylation sites (N-methyl/N-ethyl adjacent to an activating group) is 1. The molecular formula is C18H27NO. The van der Waals surface area contributed by atoms with Gasteiger partial charge in [0.05, 0.1) is 5.60 Å². The number of fused-ring (bicyclic) bond motifs is 1. The van der Waals surface area contributed by atoms with Crippen molar-refractivity contribution in [2.45, 2.75) is 63.0 Å². The summed E-state index contributed by atoms with van der Waals surface area (Å²) < 4.78 is 6.01. The van der Waals surface area contributed by atoms with Crippen molar-refractivity contribution in [3.63, 3.8) is 0 Å². The Hall–Kier alpha value is -0.860. The van der Waals surface area contributed by atoms with Gasteiger partial charge < -0.3 is 10.1 Å². The fourth-order valence-electron chi connectivity index (χ4n) is 4.26. The van der Waals surface area contributed by atoms with Gasteiger partial charge in [0.2, 0.25) is 0 Å². The summed E-state index contributed by atoms with van der Waals surface area (Å²) >= 11 is 0. The number of benzene rings is 1. The Morgan fingerprint density at radius 1 is 1.30 bits per heavy atom. The summed E-state index contributed by atoms with van der Waals surface area (Å²) in [5, 5.41) is 3.72. The van der Waals surface area contributed by atoms with E-state index in [1.165, 1.54) is 38.5 Å². The third kappa shape index (κ3) is 2.40. The van der Waals surface area contributed by atoms with Crippen molar-refractivity contribution in [3.8, 4) is 0 Å². The first-order valence-corrected chi connectivity index (χ1v) is 8.15. The SMILES string of the molecule is CCNC(CC1Cc2ccccc21)C1(OC)CCCC1. The standard InChI is InChI=1S/C18H27NO/c1-3-19-17(18(20-2)10-6-7-11-18)13-15-12-14-8-4-5-9-16(14)15/h4-5,8-9,15,17,19H,3,6-7,10-13H2,1-2H3. The van der Waals surface area contributed by atoms with Crippen LogP contribution in [0.4, 0.5) is 0 Å². The molecule has 0 radical (unpaired) electrons. The lowest BCUT2D eigenvalue weighted by molar-refractivity contribution is -0.0395. The number of hydrogen-bond donors (Lipinski definition) is 1. The van der Waals surface area contributed by atoms with Gasteiger partial charge in [-0.05, 0) is 49.3 Å². The molecule has 110 valence electrons. The first-order chi connectivity index (χ1) is 9.79. The second kappa shape index (κ2) is 5.87. The van der Waals surface area contributed by atoms with E-state index in [1.807, 2.05) is 7.11 Å². The molecule has 2 unspecified atom stereocenters. The molecular weight excluding hydrogens is 246 g/mol. The van der Waals surface area contributed by atoms with Crippen molar-refractivity contribution < 1.29 is 4.74 Å². The van der Waals surface area contributed by atoms with Crippen molar-refractivity contribution in [1.82, 2.24) is 5.32 Å². The van der Waals surface area contributed by atoms with Crippen molar-refractivity contribution >= 4 is 0 Å². The molecule has 1 aromatic carbocycles. The second-order valence-electron chi connectivity index (χ2n) is 6.42. The molecule has 1 saturated carbocycles. The number of rotatable bonds is 6. The monoisotopic (exact) mass is 273 g/mol. The molecule has 2 nitrogen and oxygen atoms in total. The van der Waals surface area contributed by atoms with Crippen LogP contribution in [-0.4, -0.2) is 25.3 Å². The Labute approximate surface area is 122 Å². The molecule has 1 aromatic rings. The molecule has 0 heterocycles. The second-order valence-corrected chi connectivity index (χ2v) is 6.42. The highest BCUT2D eigenvalue weighted by Crippen LogP contribution is 2.43. The molecule has 0 amide bonds. The maximum Gasteiger partial charge on any atom is 0.0831 e. The highest BCUT2D eigenvalue weighted by Gasteiger charge is 2.43. The fraction of sp³-hybridized carbons (Fsp3) is 0.667. The number of hydrogen-bond acceptors (Lipinski definition) is 2. The Kier molecular flexibility index (Phi) is 4.13. The van der Waals surface area contributed by atoms with Crippen LogP contribution in [0.25, 0.3) is 0 Å². The minimum absolute atomic E-state index is 0.0839. The van der Waals surface area contributed by atoms with E-state index in [0.29, 0.717) is 6.04 Å². The van der Waals surface area contributed by atoms with Crippen LogP contribution in [0, 0.1) is 0 Å². The zero-order chi connectivity index (χ0) is 14.0. The Morgan fingerprint density at radius 2 is 2.05 bits per heavy atom. The van der Waals surface area contributed by atoms with Crippen LogP contribution >= 0.6 is 0 Å². The van der Waals surface area contributed by atoms with Gasteiger partial charge in [0.1, 0.15) is 0 Å². The van der Waals surface area contributed by atoms with Crippen LogP contribution in [0.2, 0.25) is 0 Å². The molecule has 20 heavy (non-hydrogen) atoms. The van der Waals surface area contributed by atoms with Crippen molar-refractivity contribution in [1.29, 1.82) is 0 Å². The summed E-state index contributed by atoms with van der Waals surface area (Å²) in [6.07, 6.45) is 7.54. The van der Waals surface area contributed by atoms with Gasteiger partial charge >= 0.3 is 0 Å². The normalized spacial score (nSPS) is 25.0. The van der Waals surface area contributed by atoms with Crippen LogP contribution in [-0.2, 0) is 11.2 Å². The Balaban J connectivity index is 1.73. The van der Waals surface area contributed by atoms with Crippen LogP contribution in [0.5, 0.6) is 0 Å². The summed E-state index contributed by atoms with van der Waals surface area (Å²) in [5.41, 5.74) is 3.20. The molecule has 0 spiro atoms. The minimum Gasteiger partial charge on any atom is -0.377 e.